The molecular formula is C30H30F3N3O3. The molecule has 2 amide bonds. The minimum absolute atomic E-state index is 0.165. The molecule has 2 aliphatic rings. The molecule has 6 nitrogen and oxygen atoms in total. The van der Waals surface area contributed by atoms with Crippen LogP contribution < -0.4 is 15.4 Å². The SMILES string of the molecule is C[C@@H](C(=O)Nc1cc(NC(=O)c2ccc(-c3ccccc3)cc2)ccc1OC(F)(F)F)N1CC2CCC(C2)C1. The Morgan fingerprint density at radius 3 is 2.18 bits per heavy atom. The molecule has 2 fully saturated rings. The predicted octanol–water partition coefficient (Wildman–Crippen LogP) is 6.56. The molecule has 5 rings (SSSR count). The number of fused-ring (bicyclic) bond motifs is 2. The Morgan fingerprint density at radius 1 is 0.897 bits per heavy atom. The van der Waals surface area contributed by atoms with E-state index in [1.165, 1.54) is 18.6 Å². The number of amides is 2. The van der Waals surface area contributed by atoms with E-state index in [4.69, 9.17) is 0 Å². The molecule has 2 N–H and O–H groups in total. The molecule has 3 aromatic rings. The zero-order valence-electron chi connectivity index (χ0n) is 21.5. The number of halogens is 3. The molecule has 2 unspecified atom stereocenters. The van der Waals surface area contributed by atoms with Crippen molar-refractivity contribution in [3.63, 3.8) is 0 Å². The summed E-state index contributed by atoms with van der Waals surface area (Å²) >= 11 is 0. The number of hydrogen-bond acceptors (Lipinski definition) is 4. The topological polar surface area (TPSA) is 70.7 Å². The molecule has 2 bridgehead atoms. The molecule has 0 radical (unpaired) electrons. The number of ether oxygens (including phenoxy) is 1. The Morgan fingerprint density at radius 2 is 1.54 bits per heavy atom. The summed E-state index contributed by atoms with van der Waals surface area (Å²) in [5.74, 6) is -0.296. The van der Waals surface area contributed by atoms with Gasteiger partial charge in [0.1, 0.15) is 0 Å². The van der Waals surface area contributed by atoms with E-state index in [-0.39, 0.29) is 11.4 Å². The van der Waals surface area contributed by atoms with Gasteiger partial charge in [-0.3, -0.25) is 14.5 Å². The predicted molar refractivity (Wildman–Crippen MR) is 143 cm³/mol. The van der Waals surface area contributed by atoms with E-state index in [0.717, 1.165) is 43.1 Å². The molecule has 1 aliphatic carbocycles. The van der Waals surface area contributed by atoms with Gasteiger partial charge >= 0.3 is 6.36 Å². The zero-order valence-corrected chi connectivity index (χ0v) is 21.5. The summed E-state index contributed by atoms with van der Waals surface area (Å²) in [7, 11) is 0. The number of rotatable bonds is 7. The van der Waals surface area contributed by atoms with Crippen molar-refractivity contribution >= 4 is 23.2 Å². The van der Waals surface area contributed by atoms with Gasteiger partial charge in [-0.25, -0.2) is 0 Å². The lowest BCUT2D eigenvalue weighted by Crippen LogP contribution is -2.47. The highest BCUT2D eigenvalue weighted by atomic mass is 19.4. The van der Waals surface area contributed by atoms with E-state index >= 15 is 0 Å². The highest BCUT2D eigenvalue weighted by Gasteiger charge is 2.37. The Kier molecular flexibility index (Phi) is 7.61. The minimum atomic E-state index is -4.94. The van der Waals surface area contributed by atoms with Crippen LogP contribution in [0.15, 0.2) is 72.8 Å². The first-order valence-electron chi connectivity index (χ1n) is 13.1. The monoisotopic (exact) mass is 537 g/mol. The van der Waals surface area contributed by atoms with E-state index in [0.29, 0.717) is 17.4 Å². The van der Waals surface area contributed by atoms with Gasteiger partial charge < -0.3 is 15.4 Å². The largest absolute Gasteiger partial charge is 0.573 e. The quantitative estimate of drug-likeness (QED) is 0.358. The molecule has 1 saturated carbocycles. The lowest BCUT2D eigenvalue weighted by molar-refractivity contribution is -0.274. The number of hydrogen-bond donors (Lipinski definition) is 2. The molecule has 0 spiro atoms. The van der Waals surface area contributed by atoms with Crippen molar-refractivity contribution in [1.29, 1.82) is 0 Å². The molecule has 1 aliphatic heterocycles. The standard InChI is InChI=1S/C30H30F3N3O3/c1-19(36-17-20-7-8-21(15-20)18-36)28(37)35-26-16-25(13-14-27(26)39-30(31,32)33)34-29(38)24-11-9-23(10-12-24)22-5-3-2-4-6-22/h2-6,9-14,16,19-21H,7-8,15,17-18H2,1H3,(H,34,38)(H,35,37)/t19-,20?,21?/m0/s1. The van der Waals surface area contributed by atoms with E-state index < -0.39 is 30.0 Å². The Balaban J connectivity index is 1.31. The molecule has 1 saturated heterocycles. The molecule has 1 heterocycles. The molecule has 0 aromatic heterocycles. The summed E-state index contributed by atoms with van der Waals surface area (Å²) in [6.07, 6.45) is -1.47. The number of nitrogens with one attached hydrogen (secondary N) is 2. The minimum Gasteiger partial charge on any atom is -0.404 e. The first-order chi connectivity index (χ1) is 18.6. The normalized spacial score (nSPS) is 19.8. The van der Waals surface area contributed by atoms with Crippen LogP contribution in [0.5, 0.6) is 5.75 Å². The third-order valence-corrected chi connectivity index (χ3v) is 7.54. The van der Waals surface area contributed by atoms with Gasteiger partial charge in [-0.1, -0.05) is 42.5 Å². The number of piperidine rings is 1. The third kappa shape index (κ3) is 6.60. The van der Waals surface area contributed by atoms with Crippen LogP contribution in [0.2, 0.25) is 0 Å². The van der Waals surface area contributed by atoms with Crippen molar-refractivity contribution in [3.8, 4) is 16.9 Å². The summed E-state index contributed by atoms with van der Waals surface area (Å²) in [5.41, 5.74) is 2.39. The molecule has 3 atom stereocenters. The fourth-order valence-corrected chi connectivity index (χ4v) is 5.53. The second-order valence-corrected chi connectivity index (χ2v) is 10.3. The van der Waals surface area contributed by atoms with E-state index in [2.05, 4.69) is 20.3 Å². The van der Waals surface area contributed by atoms with Crippen LogP contribution in [-0.4, -0.2) is 42.2 Å². The highest BCUT2D eigenvalue weighted by Crippen LogP contribution is 2.38. The van der Waals surface area contributed by atoms with Gasteiger partial charge in [0, 0.05) is 24.3 Å². The number of carbonyl (C=O) groups excluding carboxylic acids is 2. The maximum Gasteiger partial charge on any atom is 0.573 e. The summed E-state index contributed by atoms with van der Waals surface area (Å²) in [6, 6.07) is 19.9. The van der Waals surface area contributed by atoms with Crippen LogP contribution in [0, 0.1) is 11.8 Å². The lowest BCUT2D eigenvalue weighted by atomic mass is 9.97. The average molecular weight is 538 g/mol. The maximum atomic E-state index is 13.1. The van der Waals surface area contributed by atoms with Crippen molar-refractivity contribution < 1.29 is 27.5 Å². The highest BCUT2D eigenvalue weighted by molar-refractivity contribution is 6.05. The first-order valence-corrected chi connectivity index (χ1v) is 13.1. The Bertz CT molecular complexity index is 1320. The summed E-state index contributed by atoms with van der Waals surface area (Å²) < 4.78 is 43.4. The van der Waals surface area contributed by atoms with Crippen LogP contribution in [0.3, 0.4) is 0 Å². The van der Waals surface area contributed by atoms with Gasteiger partial charge in [0.15, 0.2) is 5.75 Å². The van der Waals surface area contributed by atoms with Crippen LogP contribution in [0.4, 0.5) is 24.5 Å². The van der Waals surface area contributed by atoms with Gasteiger partial charge in [-0.2, -0.15) is 0 Å². The number of alkyl halides is 3. The average Bonchev–Trinajstić information content (AvgIpc) is 3.26. The number of benzene rings is 3. The van der Waals surface area contributed by atoms with Gasteiger partial charge in [-0.05, 0) is 79.5 Å². The number of nitrogens with zero attached hydrogens (tertiary/aromatic N) is 1. The smallest absolute Gasteiger partial charge is 0.404 e. The van der Waals surface area contributed by atoms with Gasteiger partial charge in [0.25, 0.3) is 5.91 Å². The maximum absolute atomic E-state index is 13.1. The summed E-state index contributed by atoms with van der Waals surface area (Å²) in [6.45, 7) is 3.36. The molecular weight excluding hydrogens is 507 g/mol. The molecule has 3 aromatic carbocycles. The zero-order chi connectivity index (χ0) is 27.6. The third-order valence-electron chi connectivity index (χ3n) is 7.54. The number of anilines is 2. The second-order valence-electron chi connectivity index (χ2n) is 10.3. The van der Waals surface area contributed by atoms with Crippen LogP contribution in [0.1, 0.15) is 36.5 Å². The molecule has 204 valence electrons. The first kappa shape index (κ1) is 26.7. The van der Waals surface area contributed by atoms with Gasteiger partial charge in [0.2, 0.25) is 5.91 Å². The fraction of sp³-hybridized carbons (Fsp3) is 0.333. The van der Waals surface area contributed by atoms with Crippen LogP contribution in [-0.2, 0) is 4.79 Å². The van der Waals surface area contributed by atoms with Crippen molar-refractivity contribution in [3.05, 3.63) is 78.4 Å². The fourth-order valence-electron chi connectivity index (χ4n) is 5.53. The van der Waals surface area contributed by atoms with Crippen LogP contribution >= 0.6 is 0 Å². The molecule has 9 heteroatoms. The van der Waals surface area contributed by atoms with E-state index in [1.54, 1.807) is 19.1 Å². The van der Waals surface area contributed by atoms with E-state index in [9.17, 15) is 22.8 Å². The summed E-state index contributed by atoms with van der Waals surface area (Å²) in [5, 5.41) is 5.30. The lowest BCUT2D eigenvalue weighted by Gasteiger charge is -2.35. The Hall–Kier alpha value is -3.85. The number of carbonyl (C=O) groups is 2. The van der Waals surface area contributed by atoms with Crippen LogP contribution in [0.25, 0.3) is 11.1 Å². The van der Waals surface area contributed by atoms with Crippen molar-refractivity contribution in [1.82, 2.24) is 4.90 Å². The van der Waals surface area contributed by atoms with E-state index in [1.807, 2.05) is 42.5 Å². The van der Waals surface area contributed by atoms with Crippen molar-refractivity contribution in [2.75, 3.05) is 23.7 Å². The molecule has 39 heavy (non-hydrogen) atoms. The van der Waals surface area contributed by atoms with Gasteiger partial charge in [-0.15, -0.1) is 13.2 Å². The Labute approximate surface area is 225 Å². The second kappa shape index (κ2) is 11.1. The van der Waals surface area contributed by atoms with Gasteiger partial charge in [0.05, 0.1) is 11.7 Å². The number of likely N-dealkylation sites (tertiary alicyclic amines) is 1. The summed E-state index contributed by atoms with van der Waals surface area (Å²) in [4.78, 5) is 28.1. The van der Waals surface area contributed by atoms with Crippen molar-refractivity contribution in [2.24, 2.45) is 11.8 Å². The van der Waals surface area contributed by atoms with Crippen molar-refractivity contribution in [2.45, 2.75) is 38.6 Å².